The molecule has 1 aliphatic heterocycles. The maximum absolute atomic E-state index is 12.4. The first-order valence-electron chi connectivity index (χ1n) is 7.48. The van der Waals surface area contributed by atoms with Crippen molar-refractivity contribution >= 4 is 11.9 Å². The minimum absolute atomic E-state index is 0.0460. The summed E-state index contributed by atoms with van der Waals surface area (Å²) in [6.45, 7) is 7.74. The zero-order chi connectivity index (χ0) is 15.4. The van der Waals surface area contributed by atoms with E-state index >= 15 is 0 Å². The summed E-state index contributed by atoms with van der Waals surface area (Å²) in [4.78, 5) is 26.6. The Hall–Kier alpha value is -1.88. The maximum Gasteiger partial charge on any atom is 0.254 e. The second-order valence-electron chi connectivity index (χ2n) is 5.63. The number of carboxylic acid groups (broad SMARTS) is 1. The summed E-state index contributed by atoms with van der Waals surface area (Å²) in [6, 6.07) is 6.69. The lowest BCUT2D eigenvalue weighted by Crippen LogP contribution is -3.17. The highest BCUT2D eigenvalue weighted by Gasteiger charge is 2.26. The summed E-state index contributed by atoms with van der Waals surface area (Å²) in [5, 5.41) is 10.9. The van der Waals surface area contributed by atoms with E-state index in [1.165, 1.54) is 17.0 Å². The van der Waals surface area contributed by atoms with Crippen LogP contribution in [0.3, 0.4) is 0 Å². The van der Waals surface area contributed by atoms with Crippen molar-refractivity contribution in [3.8, 4) is 0 Å². The Labute approximate surface area is 125 Å². The van der Waals surface area contributed by atoms with Crippen molar-refractivity contribution in [2.24, 2.45) is 0 Å². The number of aromatic carboxylic acids is 1. The molecule has 0 saturated carbocycles. The lowest BCUT2D eigenvalue weighted by molar-refractivity contribution is -0.927. The predicted molar refractivity (Wildman–Crippen MR) is 77.1 cm³/mol. The molecule has 0 aliphatic carbocycles. The number of hydrogen-bond donors (Lipinski definition) is 1. The average molecular weight is 290 g/mol. The molecule has 21 heavy (non-hydrogen) atoms. The van der Waals surface area contributed by atoms with E-state index in [1.807, 2.05) is 0 Å². The summed E-state index contributed by atoms with van der Waals surface area (Å²) in [5.41, 5.74) is 0.466. The third-order valence-electron chi connectivity index (χ3n) is 4.35. The molecule has 0 unspecified atom stereocenters. The quantitative estimate of drug-likeness (QED) is 0.789. The number of benzene rings is 1. The number of carbonyl (C=O) groups is 2. The number of quaternary nitrogens is 1. The molecule has 1 heterocycles. The van der Waals surface area contributed by atoms with Crippen molar-refractivity contribution in [3.05, 3.63) is 35.4 Å². The monoisotopic (exact) mass is 290 g/mol. The fourth-order valence-electron chi connectivity index (χ4n) is 2.74. The van der Waals surface area contributed by atoms with Gasteiger partial charge in [-0.1, -0.05) is 19.1 Å². The Bertz CT molecular complexity index is 522. The SMILES string of the molecule is CC[C@@H](C)[NH+]1CCN(C(=O)c2cccc(C(=O)[O-])c2)CC1. The fourth-order valence-corrected chi connectivity index (χ4v) is 2.74. The van der Waals surface area contributed by atoms with Crippen LogP contribution in [0.4, 0.5) is 0 Å². The summed E-state index contributed by atoms with van der Waals surface area (Å²) in [6.07, 6.45) is 1.14. The number of hydrogen-bond acceptors (Lipinski definition) is 3. The molecule has 5 heteroatoms. The molecule has 1 saturated heterocycles. The Kier molecular flexibility index (Phi) is 4.96. The molecule has 1 aromatic rings. The molecular weight excluding hydrogens is 268 g/mol. The fraction of sp³-hybridized carbons (Fsp3) is 0.500. The number of nitrogens with one attached hydrogen (secondary N) is 1. The van der Waals surface area contributed by atoms with E-state index in [1.54, 1.807) is 17.0 Å². The van der Waals surface area contributed by atoms with Crippen LogP contribution in [0.25, 0.3) is 0 Å². The first-order valence-corrected chi connectivity index (χ1v) is 7.48. The number of nitrogens with zero attached hydrogens (tertiary/aromatic N) is 1. The van der Waals surface area contributed by atoms with Crippen molar-refractivity contribution in [3.63, 3.8) is 0 Å². The number of rotatable bonds is 4. The normalized spacial score (nSPS) is 17.5. The zero-order valence-electron chi connectivity index (χ0n) is 12.6. The van der Waals surface area contributed by atoms with Gasteiger partial charge in [-0.15, -0.1) is 0 Å². The summed E-state index contributed by atoms with van der Waals surface area (Å²) >= 11 is 0. The Morgan fingerprint density at radius 2 is 1.90 bits per heavy atom. The first kappa shape index (κ1) is 15.5. The Morgan fingerprint density at radius 1 is 1.29 bits per heavy atom. The topological polar surface area (TPSA) is 64.9 Å². The van der Waals surface area contributed by atoms with E-state index in [0.29, 0.717) is 24.7 Å². The van der Waals surface area contributed by atoms with Gasteiger partial charge in [-0.25, -0.2) is 0 Å². The van der Waals surface area contributed by atoms with Crippen molar-refractivity contribution in [1.82, 2.24) is 4.90 Å². The van der Waals surface area contributed by atoms with E-state index in [2.05, 4.69) is 13.8 Å². The van der Waals surface area contributed by atoms with E-state index in [9.17, 15) is 14.7 Å². The van der Waals surface area contributed by atoms with Gasteiger partial charge in [-0.3, -0.25) is 4.79 Å². The Balaban J connectivity index is 2.02. The molecule has 1 aliphatic rings. The van der Waals surface area contributed by atoms with Gasteiger partial charge < -0.3 is 19.7 Å². The van der Waals surface area contributed by atoms with Gasteiger partial charge in [0, 0.05) is 5.56 Å². The zero-order valence-corrected chi connectivity index (χ0v) is 12.6. The molecule has 1 amide bonds. The van der Waals surface area contributed by atoms with Crippen LogP contribution in [0.5, 0.6) is 0 Å². The van der Waals surface area contributed by atoms with Crippen LogP contribution in [0, 0.1) is 0 Å². The van der Waals surface area contributed by atoms with Gasteiger partial charge in [0.2, 0.25) is 0 Å². The lowest BCUT2D eigenvalue weighted by atomic mass is 10.1. The third-order valence-corrected chi connectivity index (χ3v) is 4.35. The molecule has 114 valence electrons. The maximum atomic E-state index is 12.4. The van der Waals surface area contributed by atoms with Crippen molar-refractivity contribution < 1.29 is 19.6 Å². The molecule has 1 atom stereocenters. The van der Waals surface area contributed by atoms with Crippen LogP contribution in [-0.2, 0) is 0 Å². The van der Waals surface area contributed by atoms with E-state index in [4.69, 9.17) is 0 Å². The minimum Gasteiger partial charge on any atom is -0.545 e. The van der Waals surface area contributed by atoms with Gasteiger partial charge in [0.05, 0.1) is 38.2 Å². The number of amides is 1. The molecule has 0 bridgehead atoms. The highest BCUT2D eigenvalue weighted by atomic mass is 16.4. The van der Waals surface area contributed by atoms with Gasteiger partial charge in [0.25, 0.3) is 5.91 Å². The third kappa shape index (κ3) is 3.61. The van der Waals surface area contributed by atoms with Crippen LogP contribution < -0.4 is 10.0 Å². The smallest absolute Gasteiger partial charge is 0.254 e. The van der Waals surface area contributed by atoms with Crippen molar-refractivity contribution in [2.45, 2.75) is 26.3 Å². The molecule has 1 N–H and O–H groups in total. The van der Waals surface area contributed by atoms with Gasteiger partial charge >= 0.3 is 0 Å². The van der Waals surface area contributed by atoms with Gasteiger partial charge in [-0.2, -0.15) is 0 Å². The number of carboxylic acids is 1. The first-order chi connectivity index (χ1) is 10.0. The van der Waals surface area contributed by atoms with Crippen molar-refractivity contribution in [2.75, 3.05) is 26.2 Å². The summed E-state index contributed by atoms with van der Waals surface area (Å²) in [7, 11) is 0. The number of carbonyl (C=O) groups excluding carboxylic acids is 2. The van der Waals surface area contributed by atoms with Crippen LogP contribution in [0.15, 0.2) is 24.3 Å². The molecule has 1 aromatic carbocycles. The molecule has 0 aromatic heterocycles. The molecule has 5 nitrogen and oxygen atoms in total. The lowest BCUT2D eigenvalue weighted by Gasteiger charge is -2.35. The summed E-state index contributed by atoms with van der Waals surface area (Å²) < 4.78 is 0. The molecular formula is C16H22N2O3. The van der Waals surface area contributed by atoms with Crippen LogP contribution >= 0.6 is 0 Å². The van der Waals surface area contributed by atoms with Crippen LogP contribution in [0.1, 0.15) is 41.0 Å². The molecule has 0 spiro atoms. The second-order valence-corrected chi connectivity index (χ2v) is 5.63. The Morgan fingerprint density at radius 3 is 2.48 bits per heavy atom. The van der Waals surface area contributed by atoms with Crippen LogP contribution in [-0.4, -0.2) is 49.0 Å². The van der Waals surface area contributed by atoms with E-state index in [-0.39, 0.29) is 11.5 Å². The number of piperazine rings is 1. The van der Waals surface area contributed by atoms with Crippen LogP contribution in [0.2, 0.25) is 0 Å². The highest BCUT2D eigenvalue weighted by Crippen LogP contribution is 2.08. The standard InChI is InChI=1S/C16H22N2O3/c1-3-12(2)17-7-9-18(10-8-17)15(19)13-5-4-6-14(11-13)16(20)21/h4-6,11-12H,3,7-10H2,1-2H3,(H,20,21)/t12-/m1/s1. The van der Waals surface area contributed by atoms with Gasteiger partial charge in [0.1, 0.15) is 0 Å². The van der Waals surface area contributed by atoms with E-state index < -0.39 is 5.97 Å². The molecule has 2 rings (SSSR count). The van der Waals surface area contributed by atoms with Crippen molar-refractivity contribution in [1.29, 1.82) is 0 Å². The predicted octanol–water partition coefficient (Wildman–Crippen LogP) is -0.811. The summed E-state index contributed by atoms with van der Waals surface area (Å²) in [5.74, 6) is -1.35. The molecule has 0 radical (unpaired) electrons. The second kappa shape index (κ2) is 6.72. The van der Waals surface area contributed by atoms with E-state index in [0.717, 1.165) is 19.5 Å². The molecule has 1 fully saturated rings. The van der Waals surface area contributed by atoms with Gasteiger partial charge in [0.15, 0.2) is 0 Å². The average Bonchev–Trinajstić information content (AvgIpc) is 2.53. The van der Waals surface area contributed by atoms with Gasteiger partial charge in [-0.05, 0) is 31.0 Å². The minimum atomic E-state index is -1.25. The largest absolute Gasteiger partial charge is 0.545 e. The highest BCUT2D eigenvalue weighted by molar-refractivity contribution is 5.97.